The second-order valence-corrected chi connectivity index (χ2v) is 7.66. The van der Waals surface area contributed by atoms with Gasteiger partial charge in [-0.2, -0.15) is 18.2 Å². The lowest BCUT2D eigenvalue weighted by Gasteiger charge is -2.13. The Hall–Kier alpha value is -4.62. The van der Waals surface area contributed by atoms with Crippen LogP contribution in [0.4, 0.5) is 30.6 Å². The number of alkyl halides is 3. The average Bonchev–Trinajstić information content (AvgIpc) is 3.11. The van der Waals surface area contributed by atoms with Crippen LogP contribution in [0.5, 0.6) is 17.2 Å². The van der Waals surface area contributed by atoms with Gasteiger partial charge in [0.15, 0.2) is 17.1 Å². The van der Waals surface area contributed by atoms with Gasteiger partial charge in [0.25, 0.3) is 5.56 Å². The van der Waals surface area contributed by atoms with E-state index in [-0.39, 0.29) is 40.5 Å². The lowest BCUT2D eigenvalue weighted by Crippen LogP contribution is -2.23. The minimum atomic E-state index is -4.64. The third-order valence-electron chi connectivity index (χ3n) is 5.04. The zero-order valence-corrected chi connectivity index (χ0v) is 19.5. The van der Waals surface area contributed by atoms with E-state index in [1.807, 2.05) is 0 Å². The van der Waals surface area contributed by atoms with E-state index in [0.717, 1.165) is 10.6 Å². The number of amides is 1. The number of carbonyl (C=O) groups is 1. The molecule has 4 rings (SSSR count). The molecule has 0 unspecified atom stereocenters. The number of carbonyl (C=O) groups excluding carboxylic acids is 1. The smallest absolute Gasteiger partial charge is 0.417 e. The predicted molar refractivity (Wildman–Crippen MR) is 124 cm³/mol. The summed E-state index contributed by atoms with van der Waals surface area (Å²) in [5.74, 6) is 0.809. The van der Waals surface area contributed by atoms with Gasteiger partial charge in [-0.25, -0.2) is 9.97 Å². The van der Waals surface area contributed by atoms with Gasteiger partial charge in [0.2, 0.25) is 11.9 Å². The summed E-state index contributed by atoms with van der Waals surface area (Å²) in [4.78, 5) is 36.3. The maximum absolute atomic E-state index is 13.2. The van der Waals surface area contributed by atoms with Crippen molar-refractivity contribution in [1.82, 2.24) is 24.1 Å². The van der Waals surface area contributed by atoms with Gasteiger partial charge in [0.1, 0.15) is 22.8 Å². The molecule has 14 heteroatoms. The van der Waals surface area contributed by atoms with Gasteiger partial charge in [0, 0.05) is 39.5 Å². The van der Waals surface area contributed by atoms with E-state index in [2.05, 4.69) is 25.6 Å². The second kappa shape index (κ2) is 9.20. The summed E-state index contributed by atoms with van der Waals surface area (Å²) in [6.45, 7) is 1.35. The standard InChI is InChI=1S/C22H20F3N7O4/c1-11(33)28-16-8-13(5-6-26-16)36-15-9-27-19-17(18(15)35-4)32(3)21(30-19)29-14-7-12(22(23,24)25)10-31(2)20(14)34/h5-10H,1-4H3,(H,26,28,33)(H,27,29,30). The Balaban J connectivity index is 1.73. The molecule has 1 amide bonds. The number of ether oxygens (including phenoxy) is 2. The van der Waals surface area contributed by atoms with Crippen molar-refractivity contribution in [2.45, 2.75) is 13.1 Å². The highest BCUT2D eigenvalue weighted by atomic mass is 19.4. The van der Waals surface area contributed by atoms with Crippen molar-refractivity contribution < 1.29 is 27.4 Å². The van der Waals surface area contributed by atoms with Gasteiger partial charge in [-0.3, -0.25) is 9.59 Å². The van der Waals surface area contributed by atoms with Crippen LogP contribution in [0.25, 0.3) is 11.2 Å². The van der Waals surface area contributed by atoms with Crippen molar-refractivity contribution in [1.29, 1.82) is 0 Å². The number of halogens is 3. The number of pyridine rings is 3. The Morgan fingerprint density at radius 1 is 1.17 bits per heavy atom. The normalized spacial score (nSPS) is 11.4. The summed E-state index contributed by atoms with van der Waals surface area (Å²) in [6, 6.07) is 3.79. The molecule has 0 bridgehead atoms. The van der Waals surface area contributed by atoms with Gasteiger partial charge in [0.05, 0.1) is 18.9 Å². The molecule has 0 radical (unpaired) electrons. The number of nitrogens with zero attached hydrogens (tertiary/aromatic N) is 5. The highest BCUT2D eigenvalue weighted by molar-refractivity contribution is 5.88. The fourth-order valence-electron chi connectivity index (χ4n) is 3.43. The number of hydrogen-bond acceptors (Lipinski definition) is 8. The summed E-state index contributed by atoms with van der Waals surface area (Å²) in [7, 11) is 4.20. The van der Waals surface area contributed by atoms with Crippen LogP contribution in [0.15, 0.2) is 41.6 Å². The first-order chi connectivity index (χ1) is 17.0. The van der Waals surface area contributed by atoms with E-state index in [9.17, 15) is 22.8 Å². The van der Waals surface area contributed by atoms with E-state index in [1.54, 1.807) is 13.1 Å². The molecule has 0 aromatic carbocycles. The first-order valence-corrected chi connectivity index (χ1v) is 10.3. The van der Waals surface area contributed by atoms with Crippen molar-refractivity contribution >= 4 is 34.5 Å². The molecule has 36 heavy (non-hydrogen) atoms. The molecule has 4 aromatic rings. The summed E-state index contributed by atoms with van der Waals surface area (Å²) in [5.41, 5.74) is -1.43. The maximum atomic E-state index is 13.2. The monoisotopic (exact) mass is 503 g/mol. The number of methoxy groups -OCH3 is 1. The third-order valence-corrected chi connectivity index (χ3v) is 5.04. The lowest BCUT2D eigenvalue weighted by molar-refractivity contribution is -0.138. The summed E-state index contributed by atoms with van der Waals surface area (Å²) in [5, 5.41) is 5.21. The number of hydrogen-bond donors (Lipinski definition) is 2. The second-order valence-electron chi connectivity index (χ2n) is 7.66. The van der Waals surface area contributed by atoms with E-state index >= 15 is 0 Å². The van der Waals surface area contributed by atoms with Gasteiger partial charge in [-0.1, -0.05) is 0 Å². The van der Waals surface area contributed by atoms with Gasteiger partial charge in [-0.05, 0) is 12.1 Å². The molecule has 0 aliphatic rings. The van der Waals surface area contributed by atoms with Crippen molar-refractivity contribution in [3.05, 3.63) is 52.7 Å². The van der Waals surface area contributed by atoms with Crippen LogP contribution in [-0.2, 0) is 25.1 Å². The number of nitrogens with one attached hydrogen (secondary N) is 2. The SMILES string of the molecule is COc1c(Oc2ccnc(NC(C)=O)c2)cnc2nc(Nc3cc(C(F)(F)F)cn(C)c3=O)n(C)c12. The Labute approximate surface area is 201 Å². The van der Waals surface area contributed by atoms with Crippen LogP contribution >= 0.6 is 0 Å². The van der Waals surface area contributed by atoms with E-state index in [4.69, 9.17) is 9.47 Å². The maximum Gasteiger partial charge on any atom is 0.417 e. The fourth-order valence-corrected chi connectivity index (χ4v) is 3.43. The molecule has 4 heterocycles. The zero-order chi connectivity index (χ0) is 26.2. The number of aromatic nitrogens is 5. The molecule has 0 aliphatic heterocycles. The average molecular weight is 503 g/mol. The van der Waals surface area contributed by atoms with Crippen LogP contribution in [-0.4, -0.2) is 37.1 Å². The van der Waals surface area contributed by atoms with Crippen molar-refractivity contribution in [2.24, 2.45) is 14.1 Å². The lowest BCUT2D eigenvalue weighted by atomic mass is 10.2. The summed E-state index contributed by atoms with van der Waals surface area (Å²) >= 11 is 0. The fraction of sp³-hybridized carbons (Fsp3) is 0.227. The minimum Gasteiger partial charge on any atom is -0.491 e. The molecule has 0 aliphatic carbocycles. The van der Waals surface area contributed by atoms with Crippen LogP contribution in [0.1, 0.15) is 12.5 Å². The van der Waals surface area contributed by atoms with Crippen molar-refractivity contribution in [2.75, 3.05) is 17.7 Å². The summed E-state index contributed by atoms with van der Waals surface area (Å²) < 4.78 is 53.5. The minimum absolute atomic E-state index is 0.0567. The quantitative estimate of drug-likeness (QED) is 0.409. The number of anilines is 3. The van der Waals surface area contributed by atoms with Crippen molar-refractivity contribution in [3.8, 4) is 17.2 Å². The molecule has 188 valence electrons. The van der Waals surface area contributed by atoms with E-state index < -0.39 is 17.3 Å². The van der Waals surface area contributed by atoms with Gasteiger partial charge < -0.3 is 29.2 Å². The molecule has 0 spiro atoms. The molecule has 0 saturated carbocycles. The molecule has 0 fully saturated rings. The Kier molecular flexibility index (Phi) is 6.26. The van der Waals surface area contributed by atoms with Crippen LogP contribution in [0.2, 0.25) is 0 Å². The number of aryl methyl sites for hydroxylation is 2. The highest BCUT2D eigenvalue weighted by Crippen LogP contribution is 2.38. The number of imidazole rings is 1. The Morgan fingerprint density at radius 2 is 1.92 bits per heavy atom. The molecule has 4 aromatic heterocycles. The predicted octanol–water partition coefficient (Wildman–Crippen LogP) is 3.58. The molecule has 0 atom stereocenters. The van der Waals surface area contributed by atoms with E-state index in [1.165, 1.54) is 44.1 Å². The summed E-state index contributed by atoms with van der Waals surface area (Å²) in [6.07, 6.45) is -1.12. The van der Waals surface area contributed by atoms with Gasteiger partial charge >= 0.3 is 6.18 Å². The van der Waals surface area contributed by atoms with Gasteiger partial charge in [-0.15, -0.1) is 0 Å². The number of fused-ring (bicyclic) bond motifs is 1. The molecular weight excluding hydrogens is 483 g/mol. The Morgan fingerprint density at radius 3 is 2.58 bits per heavy atom. The molecule has 2 N–H and O–H groups in total. The highest BCUT2D eigenvalue weighted by Gasteiger charge is 2.32. The third kappa shape index (κ3) is 4.78. The van der Waals surface area contributed by atoms with Crippen LogP contribution in [0, 0.1) is 0 Å². The first-order valence-electron chi connectivity index (χ1n) is 10.3. The molecule has 11 nitrogen and oxygen atoms in total. The van der Waals surface area contributed by atoms with Crippen LogP contribution < -0.4 is 25.7 Å². The number of rotatable bonds is 6. The zero-order valence-electron chi connectivity index (χ0n) is 19.5. The van der Waals surface area contributed by atoms with Crippen LogP contribution in [0.3, 0.4) is 0 Å². The van der Waals surface area contributed by atoms with Crippen molar-refractivity contribution in [3.63, 3.8) is 0 Å². The molecular formula is C22H20F3N7O4. The van der Waals surface area contributed by atoms with E-state index in [0.29, 0.717) is 17.5 Å². The molecule has 0 saturated heterocycles. The first kappa shape index (κ1) is 24.5. The largest absolute Gasteiger partial charge is 0.491 e. The Bertz CT molecular complexity index is 1530. The topological polar surface area (TPSA) is 125 Å².